The summed E-state index contributed by atoms with van der Waals surface area (Å²) in [5.41, 5.74) is 6.93. The molecule has 0 bridgehead atoms. The summed E-state index contributed by atoms with van der Waals surface area (Å²) >= 11 is 0. The minimum Gasteiger partial charge on any atom is -0.474 e. The summed E-state index contributed by atoms with van der Waals surface area (Å²) in [6.45, 7) is 8.81. The lowest BCUT2D eigenvalue weighted by Crippen LogP contribution is -2.42. The average molecular weight is 1150 g/mol. The summed E-state index contributed by atoms with van der Waals surface area (Å²) in [5, 5.41) is 5.73. The van der Waals surface area contributed by atoms with Gasteiger partial charge in [0.15, 0.2) is 0 Å². The second kappa shape index (κ2) is 29.2. The Kier molecular flexibility index (Phi) is 21.0. The lowest BCUT2D eigenvalue weighted by Gasteiger charge is -2.32. The number of morpholine rings is 2. The molecule has 444 valence electrons. The third kappa shape index (κ3) is 16.5. The van der Waals surface area contributed by atoms with Crippen molar-refractivity contribution in [2.24, 2.45) is 0 Å². The number of pyridine rings is 2. The van der Waals surface area contributed by atoms with Crippen LogP contribution in [0.4, 0.5) is 31.5 Å². The molecule has 4 aliphatic heterocycles. The number of piperidine rings is 2. The van der Waals surface area contributed by atoms with Gasteiger partial charge in [0.1, 0.15) is 23.8 Å². The minimum absolute atomic E-state index is 0.0471. The number of nitrogens with one attached hydrogen (secondary N) is 2. The van der Waals surface area contributed by atoms with Gasteiger partial charge in [-0.1, -0.05) is 24.3 Å². The van der Waals surface area contributed by atoms with E-state index in [9.17, 15) is 28.0 Å². The van der Waals surface area contributed by atoms with Crippen LogP contribution < -0.4 is 39.7 Å². The minimum atomic E-state index is -0.560. The van der Waals surface area contributed by atoms with Crippen LogP contribution in [0.2, 0.25) is 0 Å². The molecule has 0 saturated carbocycles. The molecule has 84 heavy (non-hydrogen) atoms. The van der Waals surface area contributed by atoms with E-state index in [1.165, 1.54) is 24.3 Å². The van der Waals surface area contributed by atoms with Crippen LogP contribution in [0.1, 0.15) is 78.2 Å². The number of rotatable bonds is 18. The Labute approximate surface area is 490 Å². The number of hydrogen-bond donors (Lipinski definition) is 2. The highest BCUT2D eigenvalue weighted by Gasteiger charge is 2.30. The van der Waals surface area contributed by atoms with Gasteiger partial charge in [-0.2, -0.15) is 0 Å². The van der Waals surface area contributed by atoms with Crippen molar-refractivity contribution in [2.75, 3.05) is 140 Å². The van der Waals surface area contributed by atoms with Gasteiger partial charge in [0.05, 0.1) is 72.4 Å². The van der Waals surface area contributed by atoms with E-state index in [1.54, 1.807) is 9.80 Å². The number of ether oxygens (including phenoxy) is 4. The smallest absolute Gasteiger partial charge is 0.254 e. The highest BCUT2D eigenvalue weighted by molar-refractivity contribution is 6.08. The highest BCUT2D eigenvalue weighted by Crippen LogP contribution is 2.26. The zero-order valence-corrected chi connectivity index (χ0v) is 48.4. The van der Waals surface area contributed by atoms with Gasteiger partial charge in [-0.15, -0.1) is 0 Å². The first-order valence-corrected chi connectivity index (χ1v) is 28.9. The molecular weight excluding hydrogens is 1070 g/mol. The van der Waals surface area contributed by atoms with Crippen molar-refractivity contribution in [3.8, 4) is 11.8 Å². The maximum atomic E-state index is 14.2. The Morgan fingerprint density at radius 3 is 1.30 bits per heavy atom. The Hall–Kier alpha value is -8.36. The number of likely N-dealkylation sites (tertiary alicyclic amines) is 2. The van der Waals surface area contributed by atoms with Crippen LogP contribution in [-0.4, -0.2) is 176 Å². The number of carbonyl (C=O) groups is 4. The number of halogens is 2. The van der Waals surface area contributed by atoms with Crippen molar-refractivity contribution in [2.45, 2.75) is 50.7 Å². The summed E-state index contributed by atoms with van der Waals surface area (Å²) in [7, 11) is 7.92. The van der Waals surface area contributed by atoms with E-state index in [-0.39, 0.29) is 46.3 Å². The predicted molar refractivity (Wildman–Crippen MR) is 320 cm³/mol. The fourth-order valence-corrected chi connectivity index (χ4v) is 10.5. The van der Waals surface area contributed by atoms with E-state index in [1.807, 2.05) is 123 Å². The number of benzene rings is 4. The second-order valence-electron chi connectivity index (χ2n) is 21.6. The van der Waals surface area contributed by atoms with Gasteiger partial charge in [-0.25, -0.2) is 18.7 Å². The Morgan fingerprint density at radius 2 is 0.893 bits per heavy atom. The van der Waals surface area contributed by atoms with Gasteiger partial charge in [0, 0.05) is 143 Å². The quantitative estimate of drug-likeness (QED) is 0.0863. The third-order valence-electron chi connectivity index (χ3n) is 15.4. The average Bonchev–Trinajstić information content (AvgIpc) is 3.63. The van der Waals surface area contributed by atoms with Crippen LogP contribution in [0.3, 0.4) is 0 Å². The van der Waals surface area contributed by atoms with Gasteiger partial charge in [-0.3, -0.25) is 19.2 Å². The molecule has 2 N–H and O–H groups in total. The molecule has 18 nitrogen and oxygen atoms in total. The molecule has 4 amide bonds. The number of nitrogens with zero attached hydrogens (tertiary/aromatic N) is 8. The van der Waals surface area contributed by atoms with E-state index in [4.69, 9.17) is 18.9 Å². The van der Waals surface area contributed by atoms with Crippen LogP contribution in [0.15, 0.2) is 122 Å². The standard InChI is InChI=1S/2C32H38FN5O4/c1-36(2)25-6-3-23(4-7-25)11-14-34-31(39)29-21-24(33)5-9-28(29)32(40)38-15-12-27(13-16-38)42-30-10-8-26(22-35-30)37-17-19-41-20-18-37;1-36(2)25-6-3-23(4-7-25)11-14-34-31(39)28-9-5-24(33)21-29(28)32(40)38-15-12-27(13-16-38)42-30-10-8-26(22-35-30)37-17-19-41-20-18-37/h2*3-10,21-22,27H,11-20H2,1-2H3,(H,34,39). The second-order valence-corrected chi connectivity index (χ2v) is 21.6. The van der Waals surface area contributed by atoms with Crippen molar-refractivity contribution in [3.63, 3.8) is 0 Å². The fourth-order valence-electron chi connectivity index (χ4n) is 10.5. The Balaban J connectivity index is 0.000000202. The Morgan fingerprint density at radius 1 is 0.500 bits per heavy atom. The van der Waals surface area contributed by atoms with E-state index in [0.29, 0.717) is 116 Å². The molecule has 0 spiro atoms. The summed E-state index contributed by atoms with van der Waals surface area (Å²) in [5.74, 6) is -1.51. The molecule has 10 rings (SSSR count). The number of anilines is 4. The molecule has 0 unspecified atom stereocenters. The molecule has 0 radical (unpaired) electrons. The monoisotopic (exact) mass is 1150 g/mol. The normalized spacial score (nSPS) is 15.8. The molecule has 0 aliphatic carbocycles. The van der Waals surface area contributed by atoms with Gasteiger partial charge in [0.2, 0.25) is 11.8 Å². The molecule has 6 aromatic rings. The fraction of sp³-hybridized carbons (Fsp3) is 0.406. The largest absolute Gasteiger partial charge is 0.474 e. The predicted octanol–water partition coefficient (Wildman–Crippen LogP) is 7.56. The van der Waals surface area contributed by atoms with Crippen molar-refractivity contribution in [1.29, 1.82) is 0 Å². The summed E-state index contributed by atoms with van der Waals surface area (Å²) < 4.78 is 51.4. The molecule has 2 aromatic heterocycles. The first kappa shape index (κ1) is 60.2. The van der Waals surface area contributed by atoms with Crippen molar-refractivity contribution in [1.82, 2.24) is 30.4 Å². The first-order valence-electron chi connectivity index (χ1n) is 28.9. The van der Waals surface area contributed by atoms with Crippen molar-refractivity contribution in [3.05, 3.63) is 167 Å². The number of amides is 4. The Bertz CT molecular complexity index is 3130. The van der Waals surface area contributed by atoms with Crippen LogP contribution in [0.25, 0.3) is 0 Å². The maximum Gasteiger partial charge on any atom is 0.254 e. The van der Waals surface area contributed by atoms with E-state index in [2.05, 4.69) is 30.4 Å². The zero-order valence-electron chi connectivity index (χ0n) is 48.4. The van der Waals surface area contributed by atoms with E-state index in [0.717, 1.165) is 72.2 Å². The number of hydrogen-bond acceptors (Lipinski definition) is 14. The van der Waals surface area contributed by atoms with Gasteiger partial charge in [-0.05, 0) is 96.8 Å². The molecule has 4 aromatic carbocycles. The van der Waals surface area contributed by atoms with Gasteiger partial charge < -0.3 is 59.0 Å². The summed E-state index contributed by atoms with van der Waals surface area (Å²) in [6, 6.07) is 31.4. The number of carbonyl (C=O) groups excluding carboxylic acids is 4. The molecule has 4 aliphatic rings. The SMILES string of the molecule is CN(C)c1ccc(CCNC(=O)c2cc(F)ccc2C(=O)N2CCC(Oc3ccc(N4CCOCC4)cn3)CC2)cc1.CN(C)c1ccc(CCNC(=O)c2ccc(F)cc2C(=O)N2CCC(Oc3ccc(N4CCOCC4)cn3)CC2)cc1. The van der Waals surface area contributed by atoms with Gasteiger partial charge >= 0.3 is 0 Å². The molecule has 4 saturated heterocycles. The third-order valence-corrected chi connectivity index (χ3v) is 15.4. The van der Waals surface area contributed by atoms with E-state index >= 15 is 0 Å². The van der Waals surface area contributed by atoms with E-state index < -0.39 is 23.4 Å². The number of aromatic nitrogens is 2. The molecule has 4 fully saturated rings. The highest BCUT2D eigenvalue weighted by atomic mass is 19.1. The van der Waals surface area contributed by atoms with Crippen LogP contribution in [-0.2, 0) is 22.3 Å². The lowest BCUT2D eigenvalue weighted by atomic mass is 10.0. The summed E-state index contributed by atoms with van der Waals surface area (Å²) in [4.78, 5) is 73.7. The molecule has 0 atom stereocenters. The van der Waals surface area contributed by atoms with Crippen LogP contribution in [0, 0.1) is 11.6 Å². The lowest BCUT2D eigenvalue weighted by molar-refractivity contribution is 0.0577. The first-order chi connectivity index (χ1) is 40.7. The maximum absolute atomic E-state index is 14.2. The topological polar surface area (TPSA) is 174 Å². The zero-order chi connectivity index (χ0) is 59.0. The van der Waals surface area contributed by atoms with Crippen molar-refractivity contribution >= 4 is 46.4 Å². The van der Waals surface area contributed by atoms with Crippen LogP contribution in [0.5, 0.6) is 11.8 Å². The molecule has 6 heterocycles. The van der Waals surface area contributed by atoms with Crippen molar-refractivity contribution < 1.29 is 46.9 Å². The van der Waals surface area contributed by atoms with Gasteiger partial charge in [0.25, 0.3) is 23.6 Å². The molecular formula is C64H76F2N10O8. The molecule has 20 heteroatoms. The summed E-state index contributed by atoms with van der Waals surface area (Å²) in [6.07, 6.45) is 7.24. The van der Waals surface area contributed by atoms with Crippen LogP contribution >= 0.6 is 0 Å².